The van der Waals surface area contributed by atoms with Crippen LogP contribution in [-0.2, 0) is 11.8 Å². The van der Waals surface area contributed by atoms with Crippen molar-refractivity contribution in [3.63, 3.8) is 0 Å². The number of hydrogen-bond acceptors (Lipinski definition) is 1. The van der Waals surface area contributed by atoms with E-state index in [2.05, 4.69) is 5.32 Å². The fraction of sp³-hybridized carbons (Fsp3) is 0.250. The van der Waals surface area contributed by atoms with Crippen LogP contribution in [-0.4, -0.2) is 13.1 Å². The summed E-state index contributed by atoms with van der Waals surface area (Å²) in [6.07, 6.45) is 0.720. The maximum absolute atomic E-state index is 13.6. The second kappa shape index (κ2) is 5.36. The van der Waals surface area contributed by atoms with Gasteiger partial charge in [-0.15, -0.1) is 0 Å². The van der Waals surface area contributed by atoms with Crippen molar-refractivity contribution in [1.82, 2.24) is 5.32 Å². The first kappa shape index (κ1) is 13.9. The van der Waals surface area contributed by atoms with E-state index in [4.69, 9.17) is 23.2 Å². The molecule has 0 bridgehead atoms. The molecule has 0 aliphatic carbocycles. The van der Waals surface area contributed by atoms with Crippen LogP contribution in [0.4, 0.5) is 4.39 Å². The van der Waals surface area contributed by atoms with E-state index in [1.165, 1.54) is 11.6 Å². The average Bonchev–Trinajstić information content (AvgIpc) is 2.40. The summed E-state index contributed by atoms with van der Waals surface area (Å²) in [5.74, 6) is -0.359. The Balaban J connectivity index is 1.94. The molecule has 1 saturated heterocycles. The second-order valence-corrected chi connectivity index (χ2v) is 6.09. The summed E-state index contributed by atoms with van der Waals surface area (Å²) in [4.78, 5) is 0. The molecule has 2 aromatic rings. The molecule has 4 heteroatoms. The molecule has 0 unspecified atom stereocenters. The third-order valence-corrected chi connectivity index (χ3v) is 4.62. The normalized spacial score (nSPS) is 16.8. The summed E-state index contributed by atoms with van der Waals surface area (Å²) < 4.78 is 13.6. The number of hydrogen-bond donors (Lipinski definition) is 1. The van der Waals surface area contributed by atoms with E-state index in [1.807, 2.05) is 30.3 Å². The zero-order valence-corrected chi connectivity index (χ0v) is 12.3. The maximum atomic E-state index is 13.6. The van der Waals surface area contributed by atoms with Crippen molar-refractivity contribution in [2.24, 2.45) is 0 Å². The summed E-state index contributed by atoms with van der Waals surface area (Å²) in [6, 6.07) is 12.8. The first-order valence-electron chi connectivity index (χ1n) is 6.50. The zero-order chi connectivity index (χ0) is 14.2. The Kier molecular flexibility index (Phi) is 3.72. The van der Waals surface area contributed by atoms with Crippen molar-refractivity contribution in [3.05, 3.63) is 69.5 Å². The molecule has 1 fully saturated rings. The molecule has 104 valence electrons. The minimum Gasteiger partial charge on any atom is -0.315 e. The fourth-order valence-corrected chi connectivity index (χ4v) is 3.03. The summed E-state index contributed by atoms with van der Waals surface area (Å²) >= 11 is 12.0. The van der Waals surface area contributed by atoms with Crippen LogP contribution in [0.5, 0.6) is 0 Å². The Hall–Kier alpha value is -1.09. The largest absolute Gasteiger partial charge is 0.315 e. The van der Waals surface area contributed by atoms with Gasteiger partial charge in [-0.3, -0.25) is 0 Å². The van der Waals surface area contributed by atoms with Gasteiger partial charge in [0.15, 0.2) is 0 Å². The van der Waals surface area contributed by atoms with Gasteiger partial charge in [0.05, 0.1) is 5.02 Å². The Morgan fingerprint density at radius 1 is 1.05 bits per heavy atom. The van der Waals surface area contributed by atoms with Crippen LogP contribution in [0, 0.1) is 5.82 Å². The highest BCUT2D eigenvalue weighted by atomic mass is 35.5. The molecule has 0 aromatic heterocycles. The Labute approximate surface area is 127 Å². The van der Waals surface area contributed by atoms with Crippen LogP contribution in [0.2, 0.25) is 10.0 Å². The Morgan fingerprint density at radius 2 is 1.75 bits per heavy atom. The number of nitrogens with one attached hydrogen (secondary N) is 1. The third-order valence-electron chi connectivity index (χ3n) is 3.94. The van der Waals surface area contributed by atoms with E-state index in [-0.39, 0.29) is 16.3 Å². The summed E-state index contributed by atoms with van der Waals surface area (Å²) in [5.41, 5.74) is 2.03. The minimum absolute atomic E-state index is 0.0258. The van der Waals surface area contributed by atoms with Crippen molar-refractivity contribution < 1.29 is 4.39 Å². The molecule has 0 radical (unpaired) electrons. The Morgan fingerprint density at radius 3 is 2.35 bits per heavy atom. The highest BCUT2D eigenvalue weighted by Crippen LogP contribution is 2.35. The van der Waals surface area contributed by atoms with Gasteiger partial charge in [-0.2, -0.15) is 0 Å². The standard InChI is InChI=1S/C16H14Cl2FN/c17-13-6-4-12(5-7-13)16(9-20-10-16)8-11-2-1-3-14(19)15(11)18/h1-7,20H,8-10H2. The van der Waals surface area contributed by atoms with Gasteiger partial charge < -0.3 is 5.32 Å². The Bertz CT molecular complexity index is 621. The van der Waals surface area contributed by atoms with Crippen LogP contribution in [0.3, 0.4) is 0 Å². The van der Waals surface area contributed by atoms with Gasteiger partial charge in [0.25, 0.3) is 0 Å². The molecule has 0 saturated carbocycles. The molecule has 2 aromatic carbocycles. The van der Waals surface area contributed by atoms with Crippen molar-refractivity contribution >= 4 is 23.2 Å². The van der Waals surface area contributed by atoms with Crippen molar-refractivity contribution in [1.29, 1.82) is 0 Å². The van der Waals surface area contributed by atoms with Crippen LogP contribution < -0.4 is 5.32 Å². The molecule has 1 heterocycles. The second-order valence-electron chi connectivity index (χ2n) is 5.28. The first-order valence-corrected chi connectivity index (χ1v) is 7.26. The molecular formula is C16H14Cl2FN. The van der Waals surface area contributed by atoms with Crippen LogP contribution in [0.1, 0.15) is 11.1 Å². The van der Waals surface area contributed by atoms with E-state index in [0.717, 1.165) is 30.1 Å². The molecule has 1 aliphatic heterocycles. The molecule has 1 aliphatic rings. The number of benzene rings is 2. The van der Waals surface area contributed by atoms with Crippen molar-refractivity contribution in [3.8, 4) is 0 Å². The summed E-state index contributed by atoms with van der Waals surface area (Å²) in [6.45, 7) is 1.73. The lowest BCUT2D eigenvalue weighted by Crippen LogP contribution is -2.58. The van der Waals surface area contributed by atoms with E-state index in [0.29, 0.717) is 0 Å². The van der Waals surface area contributed by atoms with Crippen LogP contribution in [0.15, 0.2) is 42.5 Å². The van der Waals surface area contributed by atoms with E-state index in [9.17, 15) is 4.39 Å². The maximum Gasteiger partial charge on any atom is 0.142 e. The van der Waals surface area contributed by atoms with Gasteiger partial charge in [0.2, 0.25) is 0 Å². The molecule has 0 atom stereocenters. The van der Waals surface area contributed by atoms with Crippen LogP contribution in [0.25, 0.3) is 0 Å². The quantitative estimate of drug-likeness (QED) is 0.895. The number of rotatable bonds is 3. The molecule has 0 amide bonds. The SMILES string of the molecule is Fc1cccc(CC2(c3ccc(Cl)cc3)CNC2)c1Cl. The lowest BCUT2D eigenvalue weighted by atomic mass is 9.71. The van der Waals surface area contributed by atoms with E-state index in [1.54, 1.807) is 6.07 Å². The molecule has 0 spiro atoms. The first-order chi connectivity index (χ1) is 9.61. The van der Waals surface area contributed by atoms with Crippen molar-refractivity contribution in [2.45, 2.75) is 11.8 Å². The third kappa shape index (κ3) is 2.44. The lowest BCUT2D eigenvalue weighted by molar-refractivity contribution is 0.274. The van der Waals surface area contributed by atoms with Gasteiger partial charge in [-0.05, 0) is 35.7 Å². The zero-order valence-electron chi connectivity index (χ0n) is 10.8. The molecule has 3 rings (SSSR count). The smallest absolute Gasteiger partial charge is 0.142 e. The topological polar surface area (TPSA) is 12.0 Å². The molecular weight excluding hydrogens is 296 g/mol. The van der Waals surface area contributed by atoms with Gasteiger partial charge >= 0.3 is 0 Å². The molecule has 1 nitrogen and oxygen atoms in total. The fourth-order valence-electron chi connectivity index (χ4n) is 2.71. The highest BCUT2D eigenvalue weighted by Gasteiger charge is 2.39. The number of halogens is 3. The summed E-state index contributed by atoms with van der Waals surface area (Å²) in [7, 11) is 0. The van der Waals surface area contributed by atoms with Crippen molar-refractivity contribution in [2.75, 3.05) is 13.1 Å². The highest BCUT2D eigenvalue weighted by molar-refractivity contribution is 6.31. The predicted molar refractivity (Wildman–Crippen MR) is 81.1 cm³/mol. The van der Waals surface area contributed by atoms with Gasteiger partial charge in [0.1, 0.15) is 5.82 Å². The molecule has 20 heavy (non-hydrogen) atoms. The van der Waals surface area contributed by atoms with E-state index >= 15 is 0 Å². The minimum atomic E-state index is -0.359. The predicted octanol–water partition coefficient (Wildman–Crippen LogP) is 4.22. The summed E-state index contributed by atoms with van der Waals surface area (Å²) in [5, 5.41) is 4.25. The van der Waals surface area contributed by atoms with Gasteiger partial charge in [0, 0.05) is 23.5 Å². The van der Waals surface area contributed by atoms with Gasteiger partial charge in [-0.25, -0.2) is 4.39 Å². The monoisotopic (exact) mass is 309 g/mol. The van der Waals surface area contributed by atoms with Gasteiger partial charge in [-0.1, -0.05) is 47.5 Å². The average molecular weight is 310 g/mol. The lowest BCUT2D eigenvalue weighted by Gasteiger charge is -2.43. The molecule has 1 N–H and O–H groups in total. The van der Waals surface area contributed by atoms with E-state index < -0.39 is 0 Å². The van der Waals surface area contributed by atoms with Crippen LogP contribution >= 0.6 is 23.2 Å².